The van der Waals surface area contributed by atoms with E-state index < -0.39 is 23.9 Å². The first-order valence-corrected chi connectivity index (χ1v) is 27.0. The second-order valence-electron chi connectivity index (χ2n) is 17.0. The van der Waals surface area contributed by atoms with Gasteiger partial charge >= 0.3 is 84.3 Å². The second kappa shape index (κ2) is 58.3. The molecule has 0 bridgehead atoms. The van der Waals surface area contributed by atoms with Crippen LogP contribution in [0, 0.1) is 0 Å². The van der Waals surface area contributed by atoms with Gasteiger partial charge in [0.1, 0.15) is 46.0 Å². The van der Waals surface area contributed by atoms with Crippen LogP contribution >= 0.6 is 0 Å². The van der Waals surface area contributed by atoms with E-state index in [-0.39, 0.29) is 84.3 Å². The van der Waals surface area contributed by atoms with Crippen molar-refractivity contribution in [3.63, 3.8) is 0 Å². The molecule has 8 aromatic rings. The first kappa shape index (κ1) is 93.1. The number of nitrogens with zero attached hydrogens (tertiary/aromatic N) is 8. The molecule has 8 rings (SSSR count). The normalized spacial score (nSPS) is 9.29. The van der Waals surface area contributed by atoms with E-state index in [1.54, 1.807) is 56.9 Å². The summed E-state index contributed by atoms with van der Waals surface area (Å²) in [5, 5.41) is 52.5. The van der Waals surface area contributed by atoms with Gasteiger partial charge in [0.15, 0.2) is 0 Å². The third kappa shape index (κ3) is 48.4. The Morgan fingerprint density at radius 1 is 0.250 bits per heavy atom. The summed E-state index contributed by atoms with van der Waals surface area (Å²) in [5.41, 5.74) is 6.65. The molecule has 0 saturated carbocycles. The van der Waals surface area contributed by atoms with Crippen LogP contribution in [0.5, 0.6) is 46.0 Å². The Morgan fingerprint density at radius 3 is 0.458 bits per heavy atom. The van der Waals surface area contributed by atoms with Crippen LogP contribution in [0.4, 0.5) is 45.5 Å². The maximum absolute atomic E-state index is 8.89. The largest absolute Gasteiger partial charge is 2.00 e. The number of carbonyl (C=O) groups excluding carboxylic acids is 4. The van der Waals surface area contributed by atoms with Crippen molar-refractivity contribution in [2.75, 3.05) is 56.9 Å². The van der Waals surface area contributed by atoms with Gasteiger partial charge in [0.2, 0.25) is 0 Å². The van der Waals surface area contributed by atoms with E-state index in [0.29, 0.717) is 0 Å². The van der Waals surface area contributed by atoms with Crippen molar-refractivity contribution in [2.24, 2.45) is 20.0 Å². The molecule has 504 valence electrons. The second-order valence-corrected chi connectivity index (χ2v) is 17.0. The summed E-state index contributed by atoms with van der Waals surface area (Å²) in [4.78, 5) is 52.5. The number of rotatable bonds is 20. The van der Waals surface area contributed by atoms with Gasteiger partial charge in [-0.1, -0.05) is 122 Å². The molecule has 0 amide bonds. The number of hydrogen-bond acceptors (Lipinski definition) is 20. The van der Waals surface area contributed by atoms with Gasteiger partial charge in [0, 0.05) is 23.9 Å². The fourth-order valence-electron chi connectivity index (χ4n) is 6.00. The van der Waals surface area contributed by atoms with Gasteiger partial charge in [-0.25, -0.2) is 0 Å². The van der Waals surface area contributed by atoms with E-state index in [0.717, 1.165) is 119 Å². The van der Waals surface area contributed by atoms with Crippen LogP contribution in [0.3, 0.4) is 0 Å². The van der Waals surface area contributed by atoms with Crippen LogP contribution in [0.1, 0.15) is 27.7 Å². The van der Waals surface area contributed by atoms with E-state index in [9.17, 15) is 0 Å². The molecule has 0 spiro atoms. The molecule has 0 unspecified atom stereocenters. The van der Waals surface area contributed by atoms with E-state index in [1.165, 1.54) is 25.4 Å². The van der Waals surface area contributed by atoms with Crippen molar-refractivity contribution < 1.29 is 162 Å². The number of benzene rings is 8. The van der Waals surface area contributed by atoms with Gasteiger partial charge in [-0.2, -0.15) is 0 Å². The van der Waals surface area contributed by atoms with Gasteiger partial charge in [-0.3, -0.25) is 0 Å². The minimum absolute atomic E-state index is 0. The third-order valence-electron chi connectivity index (χ3n) is 10.2. The molecule has 0 aliphatic rings. The SMILES string of the molecule is CC(=O)[O-].CC(=O)[O-].CC(=O)[O-].CC(=O)[O-].COc1ccc(N=C[N-]c2ccc(OC)cc2)cc1.COc1ccc(N=C[N-]c2ccc(OC)cc2)cc1.COc1ccc(N=C[N-]c2ccc(OC)cc2)cc1.COc1ccc(N=C[N-]c2ccc(OC)cc2)cc1.[Mo+2].[Mo+2].[Mo+2].[Mo+2]. The Labute approximate surface area is 617 Å². The van der Waals surface area contributed by atoms with E-state index in [1.807, 2.05) is 194 Å². The van der Waals surface area contributed by atoms with E-state index >= 15 is 0 Å². The summed E-state index contributed by atoms with van der Waals surface area (Å²) >= 11 is 0. The molecule has 0 atom stereocenters. The van der Waals surface area contributed by atoms with Crippen molar-refractivity contribution in [1.82, 2.24) is 0 Å². The average molecular weight is 1640 g/mol. The summed E-state index contributed by atoms with van der Waals surface area (Å²) in [6.45, 7) is 3.89. The van der Waals surface area contributed by atoms with Crippen LogP contribution in [0.2, 0.25) is 0 Å². The quantitative estimate of drug-likeness (QED) is 0.0389. The van der Waals surface area contributed by atoms with Crippen molar-refractivity contribution in [1.29, 1.82) is 0 Å². The van der Waals surface area contributed by atoms with E-state index in [4.69, 9.17) is 77.5 Å². The molecule has 0 aromatic heterocycles. The zero-order chi connectivity index (χ0) is 68.3. The summed E-state index contributed by atoms with van der Waals surface area (Å²) in [6.07, 6.45) is 6.13. The molecule has 0 aliphatic heterocycles. The number of aliphatic imine (C=N–C) groups is 4. The van der Waals surface area contributed by atoms with Gasteiger partial charge in [0.05, 0.1) is 56.9 Å². The number of ether oxygens (including phenoxy) is 8. The van der Waals surface area contributed by atoms with Crippen molar-refractivity contribution in [3.8, 4) is 46.0 Å². The standard InChI is InChI=1S/4C15H15N2O2.4C2H4O2.4Mo/c4*1-18-14-7-3-12(4-8-14)16-11-17-13-5-9-15(19-2)10-6-13;4*1-2(3)4;;;;/h4*3-11H,1-2H3;4*1H3,(H,3,4);;;;/q4*-1;;;;;4*+2/p-4. The summed E-state index contributed by atoms with van der Waals surface area (Å²) in [7, 11) is 13.1. The van der Waals surface area contributed by atoms with E-state index in [2.05, 4.69) is 41.2 Å². The van der Waals surface area contributed by atoms with Gasteiger partial charge < -0.3 is 119 Å². The Morgan fingerprint density at radius 2 is 0.354 bits per heavy atom. The minimum Gasteiger partial charge on any atom is -0.550 e. The predicted octanol–water partition coefficient (Wildman–Crippen LogP) is 11.3. The Balaban J connectivity index is -0.000000538. The maximum atomic E-state index is 8.89. The monoisotopic (exact) mass is 1650 g/mol. The molecule has 0 aliphatic carbocycles. The molecule has 96 heavy (non-hydrogen) atoms. The summed E-state index contributed by atoms with van der Waals surface area (Å²) in [6, 6.07) is 59.8. The molecule has 24 nitrogen and oxygen atoms in total. The molecular weight excluding hydrogens is 1570 g/mol. The fraction of sp³-hybridized carbons (Fsp3) is 0.176. The van der Waals surface area contributed by atoms with Gasteiger partial charge in [0.25, 0.3) is 0 Å². The van der Waals surface area contributed by atoms with Crippen molar-refractivity contribution >= 4 is 94.7 Å². The Hall–Kier alpha value is -9.33. The first-order valence-electron chi connectivity index (χ1n) is 27.0. The molecule has 0 fully saturated rings. The van der Waals surface area contributed by atoms with Gasteiger partial charge in [-0.05, 0) is 170 Å². The molecule has 28 heteroatoms. The topological polar surface area (TPSA) is 340 Å². The van der Waals surface area contributed by atoms with Crippen molar-refractivity contribution in [3.05, 3.63) is 215 Å². The maximum Gasteiger partial charge on any atom is 2.00 e. The third-order valence-corrected chi connectivity index (χ3v) is 10.2. The molecule has 0 N–H and O–H groups in total. The van der Waals surface area contributed by atoms with Crippen LogP contribution in [0.25, 0.3) is 21.3 Å². The van der Waals surface area contributed by atoms with Crippen molar-refractivity contribution in [2.45, 2.75) is 27.7 Å². The molecule has 0 saturated heterocycles. The summed E-state index contributed by atoms with van der Waals surface area (Å²) < 4.78 is 40.6. The average Bonchev–Trinajstić information content (AvgIpc) is 1.59. The Kier molecular flexibility index (Phi) is 56.5. The smallest absolute Gasteiger partial charge is 0.550 e. The van der Waals surface area contributed by atoms with Crippen LogP contribution < -0.4 is 58.3 Å². The first-order chi connectivity index (χ1) is 44.2. The fourth-order valence-corrected chi connectivity index (χ4v) is 6.00. The number of carboxylic acids is 4. The van der Waals surface area contributed by atoms with Crippen LogP contribution in [-0.2, 0) is 103 Å². The summed E-state index contributed by atoms with van der Waals surface area (Å²) in [5.74, 6) is 2.16. The van der Waals surface area contributed by atoms with Crippen LogP contribution in [0.15, 0.2) is 214 Å². The zero-order valence-electron chi connectivity index (χ0n) is 54.5. The van der Waals surface area contributed by atoms with Crippen LogP contribution in [-0.4, -0.2) is 106 Å². The Bertz CT molecular complexity index is 2960. The number of hydrogen-bond donors (Lipinski definition) is 0. The number of methoxy groups -OCH3 is 8. The number of carboxylic acid groups (broad SMARTS) is 4. The molecule has 0 radical (unpaired) electrons. The predicted molar refractivity (Wildman–Crippen MR) is 351 cm³/mol. The van der Waals surface area contributed by atoms with Gasteiger partial charge in [-0.15, -0.1) is 0 Å². The number of carbonyl (C=O) groups is 4. The minimum atomic E-state index is -1.08. The molecule has 8 aromatic carbocycles. The zero-order valence-corrected chi connectivity index (χ0v) is 62.6. The number of aliphatic carboxylic acids is 4. The molecule has 0 heterocycles. The molecular formula is C68H72Mo4N8O16.